The summed E-state index contributed by atoms with van der Waals surface area (Å²) >= 11 is 0. The molecular weight excluding hydrogens is 287 g/mol. The molecule has 20 heavy (non-hydrogen) atoms. The van der Waals surface area contributed by atoms with E-state index in [2.05, 4.69) is 5.32 Å². The molecule has 0 aromatic carbocycles. The maximum absolute atomic E-state index is 11.8. The summed E-state index contributed by atoms with van der Waals surface area (Å²) in [7, 11) is -0.937. The molecule has 1 aliphatic rings. The van der Waals surface area contributed by atoms with Gasteiger partial charge in [0.2, 0.25) is 0 Å². The summed E-state index contributed by atoms with van der Waals surface area (Å²) in [5.41, 5.74) is 0. The molecule has 9 heteroatoms. The van der Waals surface area contributed by atoms with Crippen LogP contribution in [0.4, 0.5) is 4.79 Å². The van der Waals surface area contributed by atoms with E-state index in [4.69, 9.17) is 19.0 Å². The fourth-order valence-corrected chi connectivity index (χ4v) is 2.34. The minimum Gasteiger partial charge on any atom is -0.352 e. The van der Waals surface area contributed by atoms with Crippen molar-refractivity contribution in [3.8, 4) is 0 Å². The molecule has 0 spiro atoms. The zero-order valence-electron chi connectivity index (χ0n) is 11.3. The van der Waals surface area contributed by atoms with E-state index in [1.54, 1.807) is 0 Å². The molecule has 8 nitrogen and oxygen atoms in total. The maximum Gasteiger partial charge on any atom is 0.327 e. The summed E-state index contributed by atoms with van der Waals surface area (Å²) in [4.78, 5) is 40.9. The molecule has 0 aromatic rings. The highest BCUT2D eigenvalue weighted by Gasteiger charge is 2.37. The molecule has 0 radical (unpaired) electrons. The standard InChI is InChI=1S/C11H19N2O6P/c1-8-6-9(7-18-20(16)17)19-10(8)13(4-3-5-14)11(15)12-2/h3-5,8-10,16-17H,6-7H2,1-2H3,(H,12,15)/b4-3-. The van der Waals surface area contributed by atoms with E-state index in [1.165, 1.54) is 24.2 Å². The van der Waals surface area contributed by atoms with Gasteiger partial charge in [0.25, 0.3) is 0 Å². The van der Waals surface area contributed by atoms with Crippen LogP contribution in [-0.2, 0) is 14.1 Å². The number of amides is 2. The van der Waals surface area contributed by atoms with Crippen molar-refractivity contribution in [2.75, 3.05) is 13.7 Å². The number of urea groups is 1. The van der Waals surface area contributed by atoms with Crippen LogP contribution in [0.25, 0.3) is 0 Å². The van der Waals surface area contributed by atoms with E-state index in [-0.39, 0.29) is 18.6 Å². The molecule has 1 rings (SSSR count). The molecule has 3 unspecified atom stereocenters. The van der Waals surface area contributed by atoms with E-state index >= 15 is 0 Å². The monoisotopic (exact) mass is 306 g/mol. The molecule has 1 heterocycles. The van der Waals surface area contributed by atoms with Crippen molar-refractivity contribution in [2.24, 2.45) is 5.92 Å². The van der Waals surface area contributed by atoms with Gasteiger partial charge in [0, 0.05) is 19.2 Å². The van der Waals surface area contributed by atoms with Gasteiger partial charge in [-0.15, -0.1) is 0 Å². The van der Waals surface area contributed by atoms with Crippen LogP contribution in [0.15, 0.2) is 12.3 Å². The van der Waals surface area contributed by atoms with Crippen LogP contribution in [0.1, 0.15) is 13.3 Å². The molecule has 1 aliphatic heterocycles. The number of nitrogens with one attached hydrogen (secondary N) is 1. The van der Waals surface area contributed by atoms with Crippen molar-refractivity contribution in [3.63, 3.8) is 0 Å². The lowest BCUT2D eigenvalue weighted by Gasteiger charge is -2.27. The van der Waals surface area contributed by atoms with Crippen LogP contribution >= 0.6 is 8.60 Å². The summed E-state index contributed by atoms with van der Waals surface area (Å²) in [5.74, 6) is 0.0146. The Hall–Kier alpha value is -1.05. The lowest BCUT2D eigenvalue weighted by molar-refractivity contribution is -0.104. The highest BCUT2D eigenvalue weighted by atomic mass is 31.2. The Bertz CT molecular complexity index is 365. The first kappa shape index (κ1) is 17.0. The zero-order valence-corrected chi connectivity index (χ0v) is 12.2. The number of carbonyl (C=O) groups excluding carboxylic acids is 2. The smallest absolute Gasteiger partial charge is 0.327 e. The van der Waals surface area contributed by atoms with Gasteiger partial charge >= 0.3 is 14.6 Å². The summed E-state index contributed by atoms with van der Waals surface area (Å²) in [6.07, 6.45) is 2.85. The number of ether oxygens (including phenoxy) is 1. The van der Waals surface area contributed by atoms with Crippen molar-refractivity contribution in [1.29, 1.82) is 0 Å². The molecule has 0 saturated carbocycles. The summed E-state index contributed by atoms with van der Waals surface area (Å²) in [5, 5.41) is 2.47. The van der Waals surface area contributed by atoms with Crippen LogP contribution in [0.2, 0.25) is 0 Å². The van der Waals surface area contributed by atoms with Gasteiger partial charge in [-0.3, -0.25) is 9.69 Å². The number of aldehydes is 1. The summed E-state index contributed by atoms with van der Waals surface area (Å²) in [6, 6.07) is -0.395. The number of nitrogens with zero attached hydrogens (tertiary/aromatic N) is 1. The Kier molecular flexibility index (Phi) is 7.04. The van der Waals surface area contributed by atoms with Gasteiger partial charge in [0.1, 0.15) is 12.5 Å². The fourth-order valence-electron chi connectivity index (χ4n) is 2.04. The quantitative estimate of drug-likeness (QED) is 0.370. The number of carbonyl (C=O) groups is 2. The summed E-state index contributed by atoms with van der Waals surface area (Å²) in [6.45, 7) is 1.94. The predicted molar refractivity (Wildman–Crippen MR) is 71.3 cm³/mol. The third-order valence-corrected chi connectivity index (χ3v) is 3.26. The van der Waals surface area contributed by atoms with E-state index in [9.17, 15) is 9.59 Å². The second-order valence-electron chi connectivity index (χ2n) is 4.35. The topological polar surface area (TPSA) is 108 Å². The molecule has 1 fully saturated rings. The minimum atomic E-state index is -2.42. The van der Waals surface area contributed by atoms with Gasteiger partial charge in [-0.1, -0.05) is 6.92 Å². The van der Waals surface area contributed by atoms with E-state index < -0.39 is 20.9 Å². The lowest BCUT2D eigenvalue weighted by atomic mass is 10.1. The van der Waals surface area contributed by atoms with Crippen LogP contribution in [-0.4, -0.2) is 53.0 Å². The molecule has 0 aromatic heterocycles. The van der Waals surface area contributed by atoms with Crippen molar-refractivity contribution in [1.82, 2.24) is 10.2 Å². The maximum atomic E-state index is 11.8. The molecule has 3 atom stereocenters. The average molecular weight is 306 g/mol. The second kappa shape index (κ2) is 8.28. The van der Waals surface area contributed by atoms with E-state index in [1.807, 2.05) is 6.92 Å². The fraction of sp³-hybridized carbons (Fsp3) is 0.636. The average Bonchev–Trinajstić information content (AvgIpc) is 2.78. The van der Waals surface area contributed by atoms with Crippen molar-refractivity contribution >= 4 is 20.9 Å². The Labute approximate surface area is 118 Å². The number of rotatable bonds is 6. The van der Waals surface area contributed by atoms with Crippen molar-refractivity contribution < 1.29 is 28.6 Å². The second-order valence-corrected chi connectivity index (χ2v) is 5.11. The van der Waals surface area contributed by atoms with Gasteiger partial charge in [-0.25, -0.2) is 4.79 Å². The number of hydrogen-bond acceptors (Lipinski definition) is 6. The molecule has 2 amide bonds. The van der Waals surface area contributed by atoms with Gasteiger partial charge in [0.05, 0.1) is 12.7 Å². The normalized spacial score (nSPS) is 26.1. The van der Waals surface area contributed by atoms with Crippen LogP contribution < -0.4 is 5.32 Å². The third kappa shape index (κ3) is 4.81. The predicted octanol–water partition coefficient (Wildman–Crippen LogP) is 0.320. The van der Waals surface area contributed by atoms with Gasteiger partial charge in [0.15, 0.2) is 0 Å². The molecule has 114 valence electrons. The van der Waals surface area contributed by atoms with E-state index in [0.717, 1.165) is 0 Å². The Morgan fingerprint density at radius 2 is 2.30 bits per heavy atom. The van der Waals surface area contributed by atoms with Crippen LogP contribution in [0, 0.1) is 5.92 Å². The van der Waals surface area contributed by atoms with Gasteiger partial charge < -0.3 is 24.4 Å². The Morgan fingerprint density at radius 3 is 2.85 bits per heavy atom. The highest BCUT2D eigenvalue weighted by Crippen LogP contribution is 2.32. The Morgan fingerprint density at radius 1 is 1.60 bits per heavy atom. The summed E-state index contributed by atoms with van der Waals surface area (Å²) < 4.78 is 10.4. The Balaban J connectivity index is 2.69. The molecule has 1 saturated heterocycles. The lowest BCUT2D eigenvalue weighted by Crippen LogP contribution is -2.44. The van der Waals surface area contributed by atoms with Crippen LogP contribution in [0.5, 0.6) is 0 Å². The number of hydrogen-bond donors (Lipinski definition) is 3. The van der Waals surface area contributed by atoms with Crippen LogP contribution in [0.3, 0.4) is 0 Å². The van der Waals surface area contributed by atoms with Crippen molar-refractivity contribution in [2.45, 2.75) is 25.7 Å². The first-order valence-corrected chi connectivity index (χ1v) is 7.24. The minimum absolute atomic E-state index is 0.0146. The number of allylic oxidation sites excluding steroid dienone is 1. The largest absolute Gasteiger partial charge is 0.352 e. The zero-order chi connectivity index (χ0) is 15.1. The highest BCUT2D eigenvalue weighted by molar-refractivity contribution is 7.39. The third-order valence-electron chi connectivity index (χ3n) is 2.88. The van der Waals surface area contributed by atoms with Crippen molar-refractivity contribution in [3.05, 3.63) is 12.3 Å². The first-order chi connectivity index (χ1) is 9.49. The molecular formula is C11H19N2O6P. The molecule has 3 N–H and O–H groups in total. The first-order valence-electron chi connectivity index (χ1n) is 6.07. The molecule has 0 aliphatic carbocycles. The SMILES string of the molecule is CNC(=O)N(/C=C\C=O)C1OC(COP(O)O)CC1C. The van der Waals surface area contributed by atoms with E-state index in [0.29, 0.717) is 12.7 Å². The van der Waals surface area contributed by atoms with Gasteiger partial charge in [-0.05, 0) is 12.5 Å². The molecule has 0 bridgehead atoms. The van der Waals surface area contributed by atoms with Gasteiger partial charge in [-0.2, -0.15) is 0 Å².